The van der Waals surface area contributed by atoms with Crippen molar-refractivity contribution in [2.24, 2.45) is 0 Å². The summed E-state index contributed by atoms with van der Waals surface area (Å²) in [7, 11) is 0. The highest BCUT2D eigenvalue weighted by molar-refractivity contribution is 5.94. The van der Waals surface area contributed by atoms with Crippen LogP contribution in [0.25, 0.3) is 0 Å². The van der Waals surface area contributed by atoms with Crippen LogP contribution in [0.1, 0.15) is 59.8 Å². The SMILES string of the molecule is Cc1ccc(C(C)C)c(Oc2ccc(C(=O)N[C@H](C)c3ccccc3)cc2)c1. The quantitative estimate of drug-likeness (QED) is 0.543. The van der Waals surface area contributed by atoms with Crippen LogP contribution in [-0.2, 0) is 0 Å². The minimum atomic E-state index is -0.0960. The van der Waals surface area contributed by atoms with E-state index in [2.05, 4.69) is 44.3 Å². The van der Waals surface area contributed by atoms with Gasteiger partial charge in [-0.3, -0.25) is 4.79 Å². The molecule has 144 valence electrons. The molecular weight excluding hydrogens is 346 g/mol. The van der Waals surface area contributed by atoms with E-state index < -0.39 is 0 Å². The molecular formula is C25H27NO2. The van der Waals surface area contributed by atoms with Crippen molar-refractivity contribution in [2.75, 3.05) is 0 Å². The van der Waals surface area contributed by atoms with Gasteiger partial charge >= 0.3 is 0 Å². The average Bonchev–Trinajstić information content (AvgIpc) is 2.69. The summed E-state index contributed by atoms with van der Waals surface area (Å²) in [5.74, 6) is 1.87. The highest BCUT2D eigenvalue weighted by Gasteiger charge is 2.12. The number of carbonyl (C=O) groups excluding carboxylic acids is 1. The molecule has 0 aromatic heterocycles. The summed E-state index contributed by atoms with van der Waals surface area (Å²) < 4.78 is 6.11. The zero-order chi connectivity index (χ0) is 20.1. The lowest BCUT2D eigenvalue weighted by Crippen LogP contribution is -2.26. The lowest BCUT2D eigenvalue weighted by Gasteiger charge is -2.16. The number of ether oxygens (including phenoxy) is 1. The van der Waals surface area contributed by atoms with Gasteiger partial charge < -0.3 is 10.1 Å². The second-order valence-electron chi connectivity index (χ2n) is 7.43. The van der Waals surface area contributed by atoms with Gasteiger partial charge in [0.1, 0.15) is 11.5 Å². The first-order chi connectivity index (χ1) is 13.4. The van der Waals surface area contributed by atoms with Gasteiger partial charge in [0.2, 0.25) is 0 Å². The molecule has 3 heteroatoms. The van der Waals surface area contributed by atoms with E-state index in [-0.39, 0.29) is 11.9 Å². The van der Waals surface area contributed by atoms with Crippen molar-refractivity contribution in [2.45, 2.75) is 39.7 Å². The van der Waals surface area contributed by atoms with Crippen molar-refractivity contribution < 1.29 is 9.53 Å². The van der Waals surface area contributed by atoms with Crippen LogP contribution in [0, 0.1) is 6.92 Å². The van der Waals surface area contributed by atoms with Gasteiger partial charge in [-0.1, -0.05) is 56.3 Å². The van der Waals surface area contributed by atoms with E-state index in [0.717, 1.165) is 22.6 Å². The number of aryl methyl sites for hydroxylation is 1. The Morgan fingerprint density at radius 3 is 2.21 bits per heavy atom. The molecule has 28 heavy (non-hydrogen) atoms. The third-order valence-corrected chi connectivity index (χ3v) is 4.78. The molecule has 0 aliphatic rings. The second-order valence-corrected chi connectivity index (χ2v) is 7.43. The van der Waals surface area contributed by atoms with Crippen LogP contribution in [-0.4, -0.2) is 5.91 Å². The molecule has 1 amide bonds. The molecule has 1 N–H and O–H groups in total. The molecule has 3 aromatic rings. The monoisotopic (exact) mass is 373 g/mol. The smallest absolute Gasteiger partial charge is 0.251 e. The second kappa shape index (κ2) is 8.75. The third-order valence-electron chi connectivity index (χ3n) is 4.78. The van der Waals surface area contributed by atoms with E-state index in [1.54, 1.807) is 12.1 Å². The number of rotatable bonds is 6. The van der Waals surface area contributed by atoms with Gasteiger partial charge in [0.05, 0.1) is 6.04 Å². The van der Waals surface area contributed by atoms with Crippen LogP contribution < -0.4 is 10.1 Å². The molecule has 3 aromatic carbocycles. The summed E-state index contributed by atoms with van der Waals surface area (Å²) in [6, 6.07) is 23.4. The van der Waals surface area contributed by atoms with E-state index in [1.165, 1.54) is 5.56 Å². The van der Waals surface area contributed by atoms with E-state index in [0.29, 0.717) is 11.5 Å². The zero-order valence-corrected chi connectivity index (χ0v) is 16.9. The summed E-state index contributed by atoms with van der Waals surface area (Å²) in [5, 5.41) is 3.03. The average molecular weight is 373 g/mol. The number of hydrogen-bond donors (Lipinski definition) is 1. The minimum Gasteiger partial charge on any atom is -0.457 e. The summed E-state index contributed by atoms with van der Waals surface area (Å²) >= 11 is 0. The molecule has 0 heterocycles. The van der Waals surface area contributed by atoms with E-state index in [9.17, 15) is 4.79 Å². The largest absolute Gasteiger partial charge is 0.457 e. The van der Waals surface area contributed by atoms with Crippen LogP contribution in [0.2, 0.25) is 0 Å². The Labute approximate surface area is 167 Å². The maximum Gasteiger partial charge on any atom is 0.251 e. The van der Waals surface area contributed by atoms with E-state index in [4.69, 9.17) is 4.74 Å². The molecule has 0 saturated heterocycles. The molecule has 1 atom stereocenters. The molecule has 0 aliphatic carbocycles. The molecule has 0 bridgehead atoms. The van der Waals surface area contributed by atoms with Crippen molar-refractivity contribution in [1.82, 2.24) is 5.32 Å². The predicted octanol–water partition coefficient (Wildman–Crippen LogP) is 6.40. The molecule has 0 spiro atoms. The maximum absolute atomic E-state index is 12.5. The van der Waals surface area contributed by atoms with Gasteiger partial charge in [0.15, 0.2) is 0 Å². The first-order valence-corrected chi connectivity index (χ1v) is 9.68. The molecule has 0 radical (unpaired) electrons. The Bertz CT molecular complexity index is 931. The molecule has 0 fully saturated rings. The molecule has 0 saturated carbocycles. The lowest BCUT2D eigenvalue weighted by atomic mass is 10.0. The first-order valence-electron chi connectivity index (χ1n) is 9.68. The van der Waals surface area contributed by atoms with Crippen LogP contribution in [0.4, 0.5) is 0 Å². The molecule has 0 unspecified atom stereocenters. The summed E-state index contributed by atoms with van der Waals surface area (Å²) in [6.45, 7) is 8.34. The highest BCUT2D eigenvalue weighted by Crippen LogP contribution is 2.31. The van der Waals surface area contributed by atoms with E-state index in [1.807, 2.05) is 49.4 Å². The summed E-state index contributed by atoms with van der Waals surface area (Å²) in [4.78, 5) is 12.5. The van der Waals surface area contributed by atoms with Crippen LogP contribution in [0.3, 0.4) is 0 Å². The predicted molar refractivity (Wildman–Crippen MR) is 114 cm³/mol. The van der Waals surface area contributed by atoms with Crippen molar-refractivity contribution in [3.8, 4) is 11.5 Å². The Kier molecular flexibility index (Phi) is 6.15. The van der Waals surface area contributed by atoms with Gasteiger partial charge in [0.25, 0.3) is 5.91 Å². The molecule has 0 aliphatic heterocycles. The standard InChI is InChI=1S/C25H27NO2/c1-17(2)23-15-10-18(3)16-24(23)28-22-13-11-21(12-14-22)25(27)26-19(4)20-8-6-5-7-9-20/h5-17,19H,1-4H3,(H,26,27)/t19-/m1/s1. The van der Waals surface area contributed by atoms with Gasteiger partial charge in [-0.05, 0) is 66.8 Å². The Morgan fingerprint density at radius 2 is 1.57 bits per heavy atom. The minimum absolute atomic E-state index is 0.0504. The Morgan fingerprint density at radius 1 is 0.893 bits per heavy atom. The fraction of sp³-hybridized carbons (Fsp3) is 0.240. The third kappa shape index (κ3) is 4.80. The number of amides is 1. The fourth-order valence-electron chi connectivity index (χ4n) is 3.11. The van der Waals surface area contributed by atoms with Gasteiger partial charge in [-0.15, -0.1) is 0 Å². The molecule has 3 rings (SSSR count). The van der Waals surface area contributed by atoms with Crippen molar-refractivity contribution in [3.05, 3.63) is 95.1 Å². The van der Waals surface area contributed by atoms with Crippen molar-refractivity contribution in [3.63, 3.8) is 0 Å². The van der Waals surface area contributed by atoms with Gasteiger partial charge in [-0.25, -0.2) is 0 Å². The maximum atomic E-state index is 12.5. The topological polar surface area (TPSA) is 38.3 Å². The lowest BCUT2D eigenvalue weighted by molar-refractivity contribution is 0.0940. The number of nitrogens with one attached hydrogen (secondary N) is 1. The van der Waals surface area contributed by atoms with Crippen LogP contribution >= 0.6 is 0 Å². The van der Waals surface area contributed by atoms with Crippen molar-refractivity contribution in [1.29, 1.82) is 0 Å². The van der Waals surface area contributed by atoms with E-state index >= 15 is 0 Å². The van der Waals surface area contributed by atoms with Gasteiger partial charge in [0, 0.05) is 5.56 Å². The zero-order valence-electron chi connectivity index (χ0n) is 16.9. The number of benzene rings is 3. The highest BCUT2D eigenvalue weighted by atomic mass is 16.5. The van der Waals surface area contributed by atoms with Crippen LogP contribution in [0.5, 0.6) is 11.5 Å². The van der Waals surface area contributed by atoms with Crippen LogP contribution in [0.15, 0.2) is 72.8 Å². The number of hydrogen-bond acceptors (Lipinski definition) is 2. The summed E-state index contributed by atoms with van der Waals surface area (Å²) in [6.07, 6.45) is 0. The van der Waals surface area contributed by atoms with Crippen molar-refractivity contribution >= 4 is 5.91 Å². The fourth-order valence-corrected chi connectivity index (χ4v) is 3.11. The van der Waals surface area contributed by atoms with Gasteiger partial charge in [-0.2, -0.15) is 0 Å². The Balaban J connectivity index is 1.70. The normalized spacial score (nSPS) is 11.9. The summed E-state index contributed by atoms with van der Waals surface area (Å²) in [5.41, 5.74) is 4.02. The molecule has 3 nitrogen and oxygen atoms in total. The number of carbonyl (C=O) groups is 1. The Hall–Kier alpha value is -3.07. The first kappa shape index (κ1) is 19.7.